The van der Waals surface area contributed by atoms with E-state index in [0.717, 1.165) is 36.9 Å². The van der Waals surface area contributed by atoms with Crippen molar-refractivity contribution in [2.45, 2.75) is 45.1 Å². The number of hydrogen-bond donors (Lipinski definition) is 1. The number of fused-ring (bicyclic) bond motifs is 1. The fourth-order valence-electron chi connectivity index (χ4n) is 4.53. The van der Waals surface area contributed by atoms with E-state index in [1.54, 1.807) is 4.68 Å². The van der Waals surface area contributed by atoms with Crippen molar-refractivity contribution in [1.29, 1.82) is 0 Å². The molecule has 174 valence electrons. The van der Waals surface area contributed by atoms with Crippen LogP contribution < -0.4 is 5.56 Å². The van der Waals surface area contributed by atoms with Gasteiger partial charge in [0.1, 0.15) is 5.82 Å². The number of hydrogen-bond acceptors (Lipinski definition) is 5. The van der Waals surface area contributed by atoms with Gasteiger partial charge in [0.2, 0.25) is 5.91 Å². The summed E-state index contributed by atoms with van der Waals surface area (Å²) in [7, 11) is 0. The summed E-state index contributed by atoms with van der Waals surface area (Å²) >= 11 is 0. The Balaban J connectivity index is 1.33. The maximum absolute atomic E-state index is 12.9. The number of benzene rings is 2. The molecule has 0 aliphatic carbocycles. The van der Waals surface area contributed by atoms with Gasteiger partial charge in [0.05, 0.1) is 6.54 Å². The first-order chi connectivity index (χ1) is 16.6. The number of aromatic nitrogens is 5. The Hall–Kier alpha value is -3.81. The highest BCUT2D eigenvalue weighted by Gasteiger charge is 2.27. The van der Waals surface area contributed by atoms with Crippen molar-refractivity contribution in [3.63, 3.8) is 0 Å². The van der Waals surface area contributed by atoms with Gasteiger partial charge in [-0.3, -0.25) is 9.59 Å². The summed E-state index contributed by atoms with van der Waals surface area (Å²) in [6, 6.07) is 18.2. The van der Waals surface area contributed by atoms with Gasteiger partial charge in [0.25, 0.3) is 5.56 Å². The SMILES string of the molecule is Cc1ccc(Cn2nnc3c(=O)[nH]c([C@@H]4CCCN(C(=O)CCc5ccccc5)C4)nc32)cc1. The maximum atomic E-state index is 12.9. The van der Waals surface area contributed by atoms with Gasteiger partial charge in [-0.1, -0.05) is 65.4 Å². The molecule has 1 amide bonds. The van der Waals surface area contributed by atoms with Crippen LogP contribution >= 0.6 is 0 Å². The van der Waals surface area contributed by atoms with Gasteiger partial charge < -0.3 is 9.88 Å². The van der Waals surface area contributed by atoms with Crippen LogP contribution in [-0.4, -0.2) is 48.9 Å². The zero-order valence-corrected chi connectivity index (χ0v) is 19.3. The molecule has 1 N–H and O–H groups in total. The van der Waals surface area contributed by atoms with Crippen molar-refractivity contribution < 1.29 is 4.79 Å². The first kappa shape index (κ1) is 22.0. The van der Waals surface area contributed by atoms with Crippen molar-refractivity contribution >= 4 is 17.1 Å². The molecule has 0 unspecified atom stereocenters. The van der Waals surface area contributed by atoms with Crippen LogP contribution in [0.2, 0.25) is 0 Å². The number of aromatic amines is 1. The van der Waals surface area contributed by atoms with E-state index >= 15 is 0 Å². The second kappa shape index (κ2) is 9.59. The van der Waals surface area contributed by atoms with Gasteiger partial charge in [0.15, 0.2) is 11.2 Å². The number of piperidine rings is 1. The first-order valence-corrected chi connectivity index (χ1v) is 11.8. The van der Waals surface area contributed by atoms with Gasteiger partial charge in [-0.15, -0.1) is 5.10 Å². The molecule has 1 saturated heterocycles. The van der Waals surface area contributed by atoms with E-state index in [4.69, 9.17) is 4.98 Å². The average molecular weight is 457 g/mol. The number of carbonyl (C=O) groups is 1. The lowest BCUT2D eigenvalue weighted by Gasteiger charge is -2.32. The summed E-state index contributed by atoms with van der Waals surface area (Å²) < 4.78 is 1.67. The van der Waals surface area contributed by atoms with Crippen LogP contribution in [0.3, 0.4) is 0 Å². The van der Waals surface area contributed by atoms with Crippen molar-refractivity contribution in [3.8, 4) is 0 Å². The monoisotopic (exact) mass is 456 g/mol. The van der Waals surface area contributed by atoms with E-state index in [9.17, 15) is 9.59 Å². The molecule has 1 atom stereocenters. The molecule has 2 aromatic heterocycles. The van der Waals surface area contributed by atoms with Crippen LogP contribution in [0.1, 0.15) is 47.7 Å². The van der Waals surface area contributed by atoms with Crippen LogP contribution in [0.5, 0.6) is 0 Å². The summed E-state index contributed by atoms with van der Waals surface area (Å²) in [6.45, 7) is 3.83. The summed E-state index contributed by atoms with van der Waals surface area (Å²) in [6.07, 6.45) is 2.96. The first-order valence-electron chi connectivity index (χ1n) is 11.8. The maximum Gasteiger partial charge on any atom is 0.281 e. The van der Waals surface area contributed by atoms with Crippen LogP contribution in [0.25, 0.3) is 11.2 Å². The Morgan fingerprint density at radius 1 is 1.09 bits per heavy atom. The molecule has 2 aromatic carbocycles. The van der Waals surface area contributed by atoms with Crippen LogP contribution in [-0.2, 0) is 17.8 Å². The highest BCUT2D eigenvalue weighted by Crippen LogP contribution is 2.25. The number of amides is 1. The normalized spacial score (nSPS) is 16.1. The number of nitrogens with zero attached hydrogens (tertiary/aromatic N) is 5. The molecular weight excluding hydrogens is 428 g/mol. The second-order valence-corrected chi connectivity index (χ2v) is 9.02. The molecule has 5 rings (SSSR count). The van der Waals surface area contributed by atoms with Gasteiger partial charge in [-0.2, -0.15) is 0 Å². The zero-order chi connectivity index (χ0) is 23.5. The number of nitrogens with one attached hydrogen (secondary N) is 1. The van der Waals surface area contributed by atoms with E-state index < -0.39 is 0 Å². The number of aryl methyl sites for hydroxylation is 2. The van der Waals surface area contributed by atoms with Gasteiger partial charge in [-0.25, -0.2) is 9.67 Å². The van der Waals surface area contributed by atoms with E-state index in [1.165, 1.54) is 5.56 Å². The number of rotatable bonds is 6. The van der Waals surface area contributed by atoms with Crippen molar-refractivity contribution in [2.75, 3.05) is 13.1 Å². The predicted octanol–water partition coefficient (Wildman–Crippen LogP) is 3.21. The molecule has 34 heavy (non-hydrogen) atoms. The fraction of sp³-hybridized carbons (Fsp3) is 0.346. The Bertz CT molecular complexity index is 1340. The predicted molar refractivity (Wildman–Crippen MR) is 130 cm³/mol. The third-order valence-electron chi connectivity index (χ3n) is 6.48. The molecule has 1 aliphatic rings. The molecule has 0 spiro atoms. The molecule has 3 heterocycles. The molecule has 1 aliphatic heterocycles. The third kappa shape index (κ3) is 4.76. The zero-order valence-electron chi connectivity index (χ0n) is 19.3. The molecule has 4 aromatic rings. The summed E-state index contributed by atoms with van der Waals surface area (Å²) in [5.74, 6) is 0.725. The van der Waals surface area contributed by atoms with E-state index in [1.807, 2.05) is 66.4 Å². The third-order valence-corrected chi connectivity index (χ3v) is 6.48. The average Bonchev–Trinajstić information content (AvgIpc) is 3.28. The van der Waals surface area contributed by atoms with E-state index in [2.05, 4.69) is 15.3 Å². The van der Waals surface area contributed by atoms with Gasteiger partial charge in [-0.05, 0) is 37.3 Å². The molecule has 0 bridgehead atoms. The summed E-state index contributed by atoms with van der Waals surface area (Å²) in [5, 5.41) is 8.23. The largest absolute Gasteiger partial charge is 0.342 e. The minimum atomic E-state index is -0.289. The quantitative estimate of drug-likeness (QED) is 0.481. The Labute approximate surface area is 197 Å². The molecule has 8 heteroatoms. The number of H-pyrrole nitrogens is 1. The Morgan fingerprint density at radius 3 is 2.68 bits per heavy atom. The van der Waals surface area contributed by atoms with Crippen LogP contribution in [0.15, 0.2) is 59.4 Å². The van der Waals surface area contributed by atoms with E-state index in [0.29, 0.717) is 31.0 Å². The summed E-state index contributed by atoms with van der Waals surface area (Å²) in [4.78, 5) is 35.2. The minimum Gasteiger partial charge on any atom is -0.342 e. The van der Waals surface area contributed by atoms with Crippen molar-refractivity contribution in [2.24, 2.45) is 0 Å². The minimum absolute atomic E-state index is 0.0192. The number of likely N-dealkylation sites (tertiary alicyclic amines) is 1. The molecular formula is C26H28N6O2. The van der Waals surface area contributed by atoms with Crippen LogP contribution in [0, 0.1) is 6.92 Å². The lowest BCUT2D eigenvalue weighted by molar-refractivity contribution is -0.132. The summed E-state index contributed by atoms with van der Waals surface area (Å²) in [5.41, 5.74) is 3.84. The lowest BCUT2D eigenvalue weighted by atomic mass is 9.96. The van der Waals surface area contributed by atoms with Crippen molar-refractivity contribution in [3.05, 3.63) is 87.5 Å². The highest BCUT2D eigenvalue weighted by molar-refractivity contribution is 5.76. The lowest BCUT2D eigenvalue weighted by Crippen LogP contribution is -2.40. The standard InChI is InChI=1S/C26H28N6O2/c1-18-9-11-20(12-10-18)16-32-25-23(29-30-32)26(34)28-24(27-25)21-8-5-15-31(17-21)22(33)14-13-19-6-3-2-4-7-19/h2-4,6-7,9-12,21H,5,8,13-17H2,1H3,(H,27,28,34)/t21-/m1/s1. The molecule has 8 nitrogen and oxygen atoms in total. The Morgan fingerprint density at radius 2 is 1.88 bits per heavy atom. The molecule has 0 radical (unpaired) electrons. The van der Waals surface area contributed by atoms with Gasteiger partial charge >= 0.3 is 0 Å². The van der Waals surface area contributed by atoms with E-state index in [-0.39, 0.29) is 22.9 Å². The Kier molecular flexibility index (Phi) is 6.20. The topological polar surface area (TPSA) is 96.8 Å². The molecule has 0 saturated carbocycles. The van der Waals surface area contributed by atoms with Crippen LogP contribution in [0.4, 0.5) is 0 Å². The van der Waals surface area contributed by atoms with Gasteiger partial charge in [0, 0.05) is 25.4 Å². The highest BCUT2D eigenvalue weighted by atomic mass is 16.2. The second-order valence-electron chi connectivity index (χ2n) is 9.02. The fourth-order valence-corrected chi connectivity index (χ4v) is 4.53. The molecule has 1 fully saturated rings. The van der Waals surface area contributed by atoms with Crippen molar-refractivity contribution in [1.82, 2.24) is 29.9 Å². The number of carbonyl (C=O) groups excluding carboxylic acids is 1. The smallest absolute Gasteiger partial charge is 0.281 e.